The van der Waals surface area contributed by atoms with E-state index in [4.69, 9.17) is 0 Å². The second-order valence-electron chi connectivity index (χ2n) is 6.85. The first kappa shape index (κ1) is 13.9. The largest absolute Gasteiger partial charge is 0.356 e. The number of nitrogens with one attached hydrogen (secondary N) is 1. The van der Waals surface area contributed by atoms with Crippen LogP contribution in [0.4, 0.5) is 0 Å². The maximum absolute atomic E-state index is 12.8. The minimum atomic E-state index is -0.0697. The molecule has 1 saturated carbocycles. The van der Waals surface area contributed by atoms with Crippen LogP contribution in [-0.2, 0) is 9.59 Å². The van der Waals surface area contributed by atoms with Gasteiger partial charge in [-0.25, -0.2) is 0 Å². The molecule has 4 heteroatoms. The predicted octanol–water partition coefficient (Wildman–Crippen LogP) is 1.94. The van der Waals surface area contributed by atoms with E-state index in [1.165, 1.54) is 25.7 Å². The molecule has 1 N–H and O–H groups in total. The molecule has 4 nitrogen and oxygen atoms in total. The number of hydrogen-bond acceptors (Lipinski definition) is 2. The predicted molar refractivity (Wildman–Crippen MR) is 77.0 cm³/mol. The van der Waals surface area contributed by atoms with E-state index in [9.17, 15) is 9.59 Å². The summed E-state index contributed by atoms with van der Waals surface area (Å²) in [7, 11) is 0. The Morgan fingerprint density at radius 2 is 2.00 bits per heavy atom. The summed E-state index contributed by atoms with van der Waals surface area (Å²) in [5.41, 5.74) is 0. The Balaban J connectivity index is 1.71. The maximum atomic E-state index is 12.8. The molecule has 4 atom stereocenters. The number of carbonyl (C=O) groups excluding carboxylic acids is 2. The number of likely N-dealkylation sites (tertiary alicyclic amines) is 1. The highest BCUT2D eigenvalue weighted by atomic mass is 16.2. The number of fused-ring (bicyclic) bond motifs is 1. The third-order valence-electron chi connectivity index (χ3n) is 5.62. The third-order valence-corrected chi connectivity index (χ3v) is 5.62. The van der Waals surface area contributed by atoms with Crippen molar-refractivity contribution in [3.05, 3.63) is 0 Å². The molecule has 0 radical (unpaired) electrons. The van der Waals surface area contributed by atoms with Gasteiger partial charge >= 0.3 is 0 Å². The van der Waals surface area contributed by atoms with Gasteiger partial charge in [0.2, 0.25) is 11.8 Å². The molecule has 112 valence electrons. The van der Waals surface area contributed by atoms with Gasteiger partial charge in [0.1, 0.15) is 0 Å². The molecule has 2 saturated heterocycles. The molecule has 3 rings (SSSR count). The van der Waals surface area contributed by atoms with Gasteiger partial charge in [0.05, 0.1) is 0 Å². The Hall–Kier alpha value is -1.06. The van der Waals surface area contributed by atoms with Gasteiger partial charge < -0.3 is 10.2 Å². The normalized spacial score (nSPS) is 38.0. The fourth-order valence-electron chi connectivity index (χ4n) is 4.42. The Labute approximate surface area is 121 Å². The number of hydrogen-bond donors (Lipinski definition) is 1. The van der Waals surface area contributed by atoms with E-state index in [1.54, 1.807) is 0 Å². The molecule has 2 heterocycles. The van der Waals surface area contributed by atoms with E-state index in [0.717, 1.165) is 25.3 Å². The van der Waals surface area contributed by atoms with E-state index >= 15 is 0 Å². The standard InChI is InChI=1S/C16H26N2O2/c1-11-7-9-18(14-5-3-2-4-13(11)14)16(20)12-6-8-17-15(19)10-12/h11-14H,2-10H2,1H3,(H,17,19)/t11-,12-,13+,14-/m1/s1. The lowest BCUT2D eigenvalue weighted by atomic mass is 9.72. The van der Waals surface area contributed by atoms with Gasteiger partial charge in [0.15, 0.2) is 0 Å². The van der Waals surface area contributed by atoms with Crippen molar-refractivity contribution >= 4 is 11.8 Å². The number of rotatable bonds is 1. The molecule has 20 heavy (non-hydrogen) atoms. The van der Waals surface area contributed by atoms with E-state index in [1.807, 2.05) is 0 Å². The van der Waals surface area contributed by atoms with Crippen LogP contribution in [0.5, 0.6) is 0 Å². The highest BCUT2D eigenvalue weighted by molar-refractivity contribution is 5.87. The first-order valence-electron chi connectivity index (χ1n) is 8.24. The third kappa shape index (κ3) is 2.57. The van der Waals surface area contributed by atoms with Gasteiger partial charge in [-0.15, -0.1) is 0 Å². The lowest BCUT2D eigenvalue weighted by Crippen LogP contribution is -2.55. The van der Waals surface area contributed by atoms with Gasteiger partial charge in [0.25, 0.3) is 0 Å². The highest BCUT2D eigenvalue weighted by Gasteiger charge is 2.41. The molecule has 1 aliphatic carbocycles. The van der Waals surface area contributed by atoms with E-state index in [2.05, 4.69) is 17.1 Å². The van der Waals surface area contributed by atoms with Crippen LogP contribution in [0.15, 0.2) is 0 Å². The lowest BCUT2D eigenvalue weighted by molar-refractivity contribution is -0.146. The molecule has 3 fully saturated rings. The summed E-state index contributed by atoms with van der Waals surface area (Å²) in [6, 6.07) is 0.449. The summed E-state index contributed by atoms with van der Waals surface area (Å²) in [4.78, 5) is 26.5. The quantitative estimate of drug-likeness (QED) is 0.797. The van der Waals surface area contributed by atoms with Crippen molar-refractivity contribution in [1.82, 2.24) is 10.2 Å². The average molecular weight is 278 g/mol. The lowest BCUT2D eigenvalue weighted by Gasteiger charge is -2.48. The highest BCUT2D eigenvalue weighted by Crippen LogP contribution is 2.39. The summed E-state index contributed by atoms with van der Waals surface area (Å²) in [6.07, 6.45) is 7.35. The monoisotopic (exact) mass is 278 g/mol. The van der Waals surface area contributed by atoms with Crippen molar-refractivity contribution in [1.29, 1.82) is 0 Å². The van der Waals surface area contributed by atoms with Crippen LogP contribution in [0.1, 0.15) is 51.9 Å². The Morgan fingerprint density at radius 1 is 1.20 bits per heavy atom. The molecule has 0 spiro atoms. The van der Waals surface area contributed by atoms with Crippen LogP contribution < -0.4 is 5.32 Å². The number of piperidine rings is 2. The molecule has 0 unspecified atom stereocenters. The second kappa shape index (κ2) is 5.74. The zero-order chi connectivity index (χ0) is 14.1. The van der Waals surface area contributed by atoms with Crippen molar-refractivity contribution in [2.45, 2.75) is 57.9 Å². The smallest absolute Gasteiger partial charge is 0.226 e. The first-order chi connectivity index (χ1) is 9.66. The van der Waals surface area contributed by atoms with Gasteiger partial charge in [-0.3, -0.25) is 9.59 Å². The van der Waals surface area contributed by atoms with Crippen molar-refractivity contribution in [2.24, 2.45) is 17.8 Å². The maximum Gasteiger partial charge on any atom is 0.226 e. The van der Waals surface area contributed by atoms with E-state index < -0.39 is 0 Å². The van der Waals surface area contributed by atoms with Crippen LogP contribution in [0.3, 0.4) is 0 Å². The topological polar surface area (TPSA) is 49.4 Å². The zero-order valence-electron chi connectivity index (χ0n) is 12.4. The van der Waals surface area contributed by atoms with Crippen LogP contribution in [0.25, 0.3) is 0 Å². The van der Waals surface area contributed by atoms with E-state index in [-0.39, 0.29) is 17.7 Å². The second-order valence-corrected chi connectivity index (χ2v) is 6.85. The van der Waals surface area contributed by atoms with Crippen LogP contribution in [-0.4, -0.2) is 35.8 Å². The Bertz CT molecular complexity index is 396. The molecule has 0 aromatic carbocycles. The van der Waals surface area contributed by atoms with Gasteiger partial charge in [0, 0.05) is 31.5 Å². The van der Waals surface area contributed by atoms with Crippen LogP contribution in [0.2, 0.25) is 0 Å². The zero-order valence-corrected chi connectivity index (χ0v) is 12.4. The molecule has 0 bridgehead atoms. The molecule has 0 aromatic heterocycles. The number of nitrogens with zero attached hydrogens (tertiary/aromatic N) is 1. The van der Waals surface area contributed by atoms with Gasteiger partial charge in [-0.2, -0.15) is 0 Å². The molecule has 2 aliphatic heterocycles. The summed E-state index contributed by atoms with van der Waals surface area (Å²) < 4.78 is 0. The summed E-state index contributed by atoms with van der Waals surface area (Å²) >= 11 is 0. The fraction of sp³-hybridized carbons (Fsp3) is 0.875. The molecular weight excluding hydrogens is 252 g/mol. The molecule has 2 amide bonds. The molecule has 3 aliphatic rings. The number of carbonyl (C=O) groups is 2. The fourth-order valence-corrected chi connectivity index (χ4v) is 4.42. The summed E-state index contributed by atoms with van der Waals surface area (Å²) in [5, 5.41) is 2.82. The minimum absolute atomic E-state index is 0.0418. The molecular formula is C16H26N2O2. The Kier molecular flexibility index (Phi) is 3.99. The first-order valence-corrected chi connectivity index (χ1v) is 8.24. The number of amides is 2. The Morgan fingerprint density at radius 3 is 2.80 bits per heavy atom. The van der Waals surface area contributed by atoms with Gasteiger partial charge in [-0.1, -0.05) is 19.8 Å². The SMILES string of the molecule is C[C@@H]1CCN(C(=O)[C@@H]2CCNC(=O)C2)[C@@H]2CCCC[C@@H]12. The van der Waals surface area contributed by atoms with E-state index in [0.29, 0.717) is 24.9 Å². The summed E-state index contributed by atoms with van der Waals surface area (Å²) in [5.74, 6) is 1.67. The van der Waals surface area contributed by atoms with Crippen molar-refractivity contribution in [3.63, 3.8) is 0 Å². The average Bonchev–Trinajstić information content (AvgIpc) is 2.47. The van der Waals surface area contributed by atoms with Crippen molar-refractivity contribution < 1.29 is 9.59 Å². The van der Waals surface area contributed by atoms with Crippen LogP contribution in [0, 0.1) is 17.8 Å². The van der Waals surface area contributed by atoms with Crippen LogP contribution >= 0.6 is 0 Å². The van der Waals surface area contributed by atoms with Crippen molar-refractivity contribution in [3.8, 4) is 0 Å². The summed E-state index contributed by atoms with van der Waals surface area (Å²) in [6.45, 7) is 3.91. The minimum Gasteiger partial charge on any atom is -0.356 e. The molecule has 0 aromatic rings. The van der Waals surface area contributed by atoms with Gasteiger partial charge in [-0.05, 0) is 37.5 Å². The van der Waals surface area contributed by atoms with Crippen molar-refractivity contribution in [2.75, 3.05) is 13.1 Å².